The highest BCUT2D eigenvalue weighted by atomic mass is 19.1. The highest BCUT2D eigenvalue weighted by Crippen LogP contribution is 2.35. The molecule has 2 aromatic carbocycles. The summed E-state index contributed by atoms with van der Waals surface area (Å²) in [6, 6.07) is 12.9. The molecule has 0 saturated carbocycles. The average molecular weight is 544 g/mol. The molecule has 3 atom stereocenters. The van der Waals surface area contributed by atoms with E-state index in [0.717, 1.165) is 30.5 Å². The second kappa shape index (κ2) is 11.9. The summed E-state index contributed by atoms with van der Waals surface area (Å²) in [4.78, 5) is 31.3. The lowest BCUT2D eigenvalue weighted by Gasteiger charge is -2.25. The molecule has 7 nitrogen and oxygen atoms in total. The predicted molar refractivity (Wildman–Crippen MR) is 152 cm³/mol. The van der Waals surface area contributed by atoms with Crippen LogP contribution in [0, 0.1) is 5.92 Å². The van der Waals surface area contributed by atoms with Gasteiger partial charge in [0.2, 0.25) is 0 Å². The van der Waals surface area contributed by atoms with Gasteiger partial charge in [0.05, 0.1) is 13.2 Å². The fraction of sp³-hybridized carbons (Fsp3) is 0.344. The van der Waals surface area contributed by atoms with Crippen LogP contribution in [0.5, 0.6) is 5.75 Å². The average Bonchev–Trinajstić information content (AvgIpc) is 2.97. The van der Waals surface area contributed by atoms with Crippen molar-refractivity contribution in [2.75, 3.05) is 13.7 Å². The fourth-order valence-corrected chi connectivity index (χ4v) is 5.17. The van der Waals surface area contributed by atoms with Crippen LogP contribution >= 0.6 is 0 Å². The third kappa shape index (κ3) is 6.33. The van der Waals surface area contributed by atoms with Gasteiger partial charge in [-0.2, -0.15) is 0 Å². The second-order valence-corrected chi connectivity index (χ2v) is 10.6. The van der Waals surface area contributed by atoms with Crippen molar-refractivity contribution in [2.45, 2.75) is 50.9 Å². The first-order valence-electron chi connectivity index (χ1n) is 13.6. The Kier molecular flexibility index (Phi) is 8.14. The van der Waals surface area contributed by atoms with E-state index >= 15 is 0 Å². The zero-order chi connectivity index (χ0) is 28.1. The van der Waals surface area contributed by atoms with Gasteiger partial charge in [-0.25, -0.2) is 9.18 Å². The summed E-state index contributed by atoms with van der Waals surface area (Å²) in [6.45, 7) is 2.56. The van der Waals surface area contributed by atoms with Crippen LogP contribution in [0.2, 0.25) is 0 Å². The molecule has 0 radical (unpaired) electrons. The Hall–Kier alpha value is -4.20. The number of esters is 1. The normalized spacial score (nSPS) is 22.0. The lowest BCUT2D eigenvalue weighted by atomic mass is 9.84. The van der Waals surface area contributed by atoms with Crippen molar-refractivity contribution in [1.29, 1.82) is 0 Å². The first kappa shape index (κ1) is 27.4. The number of fused-ring (bicyclic) bond motifs is 1. The highest BCUT2D eigenvalue weighted by Gasteiger charge is 2.27. The molecule has 0 saturated heterocycles. The van der Waals surface area contributed by atoms with E-state index in [2.05, 4.69) is 10.6 Å². The number of hydrogen-bond acceptors (Lipinski definition) is 6. The SMILES string of the molecule is COC(=O)c1cc(C(=O)NC2C=CNCC2)c2cc(CC3C=CC(C)(F)CC3)cnc2c1OCc1ccccc1. The topological polar surface area (TPSA) is 89.6 Å². The van der Waals surface area contributed by atoms with Gasteiger partial charge in [0.25, 0.3) is 5.91 Å². The second-order valence-electron chi connectivity index (χ2n) is 10.6. The molecule has 1 aliphatic carbocycles. The van der Waals surface area contributed by atoms with E-state index in [-0.39, 0.29) is 35.8 Å². The van der Waals surface area contributed by atoms with Gasteiger partial charge in [0, 0.05) is 23.7 Å². The van der Waals surface area contributed by atoms with Crippen LogP contribution in [-0.2, 0) is 17.8 Å². The monoisotopic (exact) mass is 543 g/mol. The van der Waals surface area contributed by atoms with Crippen LogP contribution in [0.15, 0.2) is 73.1 Å². The summed E-state index contributed by atoms with van der Waals surface area (Å²) in [7, 11) is 1.30. The van der Waals surface area contributed by atoms with Gasteiger partial charge in [-0.05, 0) is 74.1 Å². The van der Waals surface area contributed by atoms with E-state index in [1.807, 2.05) is 54.8 Å². The Morgan fingerprint density at radius 3 is 2.65 bits per heavy atom. The number of aromatic nitrogens is 1. The van der Waals surface area contributed by atoms with E-state index in [0.29, 0.717) is 29.3 Å². The molecule has 2 heterocycles. The number of alkyl halides is 1. The lowest BCUT2D eigenvalue weighted by Crippen LogP contribution is -2.37. The summed E-state index contributed by atoms with van der Waals surface area (Å²) >= 11 is 0. The standard InChI is InChI=1S/C32H34FN3O4/c1-32(33)12-8-21(9-13-32)16-23-17-25-26(30(37)36-24-10-14-34-15-11-24)18-27(31(38)39-2)29(28(25)35-19-23)40-20-22-6-4-3-5-7-22/h3-8,10,12,14,17-19,21,24,34H,9,11,13,15-16,20H2,1-2H3,(H,36,37). The van der Waals surface area contributed by atoms with E-state index < -0.39 is 11.6 Å². The minimum atomic E-state index is -1.28. The molecule has 1 aliphatic heterocycles. The van der Waals surface area contributed by atoms with Gasteiger partial charge in [-0.3, -0.25) is 9.78 Å². The number of methoxy groups -OCH3 is 1. The number of nitrogens with zero attached hydrogens (tertiary/aromatic N) is 1. The largest absolute Gasteiger partial charge is 0.486 e. The molecule has 1 aromatic heterocycles. The molecule has 2 aliphatic rings. The molecule has 40 heavy (non-hydrogen) atoms. The molecule has 0 spiro atoms. The molecule has 3 unspecified atom stereocenters. The third-order valence-corrected chi connectivity index (χ3v) is 7.44. The van der Waals surface area contributed by atoms with Crippen molar-refractivity contribution in [3.8, 4) is 5.75 Å². The van der Waals surface area contributed by atoms with Crippen molar-refractivity contribution in [1.82, 2.24) is 15.6 Å². The van der Waals surface area contributed by atoms with Crippen LogP contribution in [0.25, 0.3) is 10.9 Å². The summed E-state index contributed by atoms with van der Waals surface area (Å²) in [6.07, 6.45) is 11.6. The van der Waals surface area contributed by atoms with Crippen LogP contribution < -0.4 is 15.4 Å². The van der Waals surface area contributed by atoms with Crippen LogP contribution in [-0.4, -0.2) is 42.2 Å². The van der Waals surface area contributed by atoms with Gasteiger partial charge in [0.1, 0.15) is 23.4 Å². The van der Waals surface area contributed by atoms with Gasteiger partial charge in [0.15, 0.2) is 5.75 Å². The number of nitrogens with one attached hydrogen (secondary N) is 2. The smallest absolute Gasteiger partial charge is 0.341 e. The maximum Gasteiger partial charge on any atom is 0.341 e. The molecule has 1 amide bonds. The quantitative estimate of drug-likeness (QED) is 0.290. The van der Waals surface area contributed by atoms with Gasteiger partial charge in [-0.15, -0.1) is 0 Å². The molecule has 208 valence electrons. The number of benzene rings is 2. The molecule has 8 heteroatoms. The fourth-order valence-electron chi connectivity index (χ4n) is 5.17. The summed E-state index contributed by atoms with van der Waals surface area (Å²) < 4.78 is 25.6. The molecular formula is C32H34FN3O4. The van der Waals surface area contributed by atoms with E-state index in [1.165, 1.54) is 13.2 Å². The maximum atomic E-state index is 14.3. The van der Waals surface area contributed by atoms with Crippen molar-refractivity contribution < 1.29 is 23.5 Å². The Morgan fingerprint density at radius 1 is 1.12 bits per heavy atom. The number of ether oxygens (including phenoxy) is 2. The van der Waals surface area contributed by atoms with Crippen molar-refractivity contribution >= 4 is 22.8 Å². The molecule has 2 N–H and O–H groups in total. The Labute approximate surface area is 233 Å². The zero-order valence-electron chi connectivity index (χ0n) is 22.8. The number of halogens is 1. The summed E-state index contributed by atoms with van der Waals surface area (Å²) in [5.41, 5.74) is 1.42. The Morgan fingerprint density at radius 2 is 1.95 bits per heavy atom. The third-order valence-electron chi connectivity index (χ3n) is 7.44. The number of rotatable bonds is 8. The van der Waals surface area contributed by atoms with Gasteiger partial charge >= 0.3 is 5.97 Å². The highest BCUT2D eigenvalue weighted by molar-refractivity contribution is 6.12. The molecule has 5 rings (SSSR count). The minimum Gasteiger partial charge on any atom is -0.486 e. The first-order chi connectivity index (χ1) is 19.3. The number of pyridine rings is 1. The number of carbonyl (C=O) groups excluding carboxylic acids is 2. The van der Waals surface area contributed by atoms with Crippen molar-refractivity contribution in [3.05, 3.63) is 95.3 Å². The van der Waals surface area contributed by atoms with Gasteiger partial charge < -0.3 is 20.1 Å². The lowest BCUT2D eigenvalue weighted by molar-refractivity contribution is 0.0596. The molecule has 3 aromatic rings. The summed E-state index contributed by atoms with van der Waals surface area (Å²) in [5.74, 6) is -0.496. The van der Waals surface area contributed by atoms with Crippen molar-refractivity contribution in [2.24, 2.45) is 5.92 Å². The van der Waals surface area contributed by atoms with Crippen LogP contribution in [0.1, 0.15) is 58.0 Å². The maximum absolute atomic E-state index is 14.3. The molecule has 0 fully saturated rings. The number of hydrogen-bond donors (Lipinski definition) is 2. The Bertz CT molecular complexity index is 1450. The molecule has 0 bridgehead atoms. The number of carbonyl (C=O) groups is 2. The molecular weight excluding hydrogens is 509 g/mol. The van der Waals surface area contributed by atoms with Gasteiger partial charge in [-0.1, -0.05) is 42.5 Å². The van der Waals surface area contributed by atoms with E-state index in [9.17, 15) is 14.0 Å². The van der Waals surface area contributed by atoms with Crippen LogP contribution in [0.3, 0.4) is 0 Å². The number of allylic oxidation sites excluding steroid dienone is 2. The number of amides is 1. The Balaban J connectivity index is 1.57. The predicted octanol–water partition coefficient (Wildman–Crippen LogP) is 5.44. The first-order valence-corrected chi connectivity index (χ1v) is 13.6. The van der Waals surface area contributed by atoms with Crippen LogP contribution in [0.4, 0.5) is 4.39 Å². The minimum absolute atomic E-state index is 0.134. The van der Waals surface area contributed by atoms with E-state index in [1.54, 1.807) is 19.2 Å². The van der Waals surface area contributed by atoms with Crippen molar-refractivity contribution in [3.63, 3.8) is 0 Å². The summed E-state index contributed by atoms with van der Waals surface area (Å²) in [5, 5.41) is 6.77. The van der Waals surface area contributed by atoms with E-state index in [4.69, 9.17) is 14.5 Å². The zero-order valence-corrected chi connectivity index (χ0v) is 22.8.